The normalized spacial score (nSPS) is 30.5. The number of hydrogen-bond donors (Lipinski definition) is 2. The zero-order chi connectivity index (χ0) is 13.3. The molecule has 2 N–H and O–H groups in total. The summed E-state index contributed by atoms with van der Waals surface area (Å²) in [6.45, 7) is 3.66. The molecule has 1 unspecified atom stereocenters. The van der Waals surface area contributed by atoms with Crippen LogP contribution in [0, 0.1) is 17.8 Å². The van der Waals surface area contributed by atoms with E-state index in [1.807, 2.05) is 7.05 Å². The van der Waals surface area contributed by atoms with Gasteiger partial charge in [-0.05, 0) is 83.0 Å². The van der Waals surface area contributed by atoms with E-state index >= 15 is 0 Å². The highest BCUT2D eigenvalue weighted by Crippen LogP contribution is 2.43. The van der Waals surface area contributed by atoms with Crippen molar-refractivity contribution < 1.29 is 0 Å². The lowest BCUT2D eigenvalue weighted by Crippen LogP contribution is -2.29. The molecule has 3 atom stereocenters. The number of unbranched alkanes of at least 4 members (excludes halogenated alkanes) is 2. The summed E-state index contributed by atoms with van der Waals surface area (Å²) in [7, 11) is 2.04. The molecule has 2 aliphatic rings. The topological polar surface area (TPSA) is 24.1 Å². The maximum atomic E-state index is 3.65. The van der Waals surface area contributed by atoms with E-state index < -0.39 is 0 Å². The molecule has 2 fully saturated rings. The molecular formula is C17H34N2. The van der Waals surface area contributed by atoms with Crippen LogP contribution in [0.2, 0.25) is 0 Å². The Bertz CT molecular complexity index is 217. The fourth-order valence-electron chi connectivity index (χ4n) is 4.26. The van der Waals surface area contributed by atoms with Crippen molar-refractivity contribution in [1.82, 2.24) is 10.6 Å². The Kier molecular flexibility index (Phi) is 7.23. The SMILES string of the molecule is CNCCCCCNCCC1C[C@H]2CCC[C@@H](C1)C2. The fourth-order valence-corrected chi connectivity index (χ4v) is 4.26. The molecule has 0 radical (unpaired) electrons. The van der Waals surface area contributed by atoms with E-state index in [-0.39, 0.29) is 0 Å². The number of nitrogens with one attached hydrogen (secondary N) is 2. The van der Waals surface area contributed by atoms with Gasteiger partial charge >= 0.3 is 0 Å². The molecule has 0 aliphatic heterocycles. The van der Waals surface area contributed by atoms with Crippen LogP contribution in [0.4, 0.5) is 0 Å². The third kappa shape index (κ3) is 5.83. The summed E-state index contributed by atoms with van der Waals surface area (Å²) < 4.78 is 0. The zero-order valence-electron chi connectivity index (χ0n) is 12.9. The van der Waals surface area contributed by atoms with Crippen LogP contribution in [-0.4, -0.2) is 26.7 Å². The van der Waals surface area contributed by atoms with E-state index in [9.17, 15) is 0 Å². The lowest BCUT2D eigenvalue weighted by Gasteiger charge is -2.39. The van der Waals surface area contributed by atoms with E-state index in [0.29, 0.717) is 0 Å². The first-order chi connectivity index (χ1) is 9.38. The summed E-state index contributed by atoms with van der Waals surface area (Å²) in [5, 5.41) is 6.87. The largest absolute Gasteiger partial charge is 0.320 e. The molecule has 112 valence electrons. The van der Waals surface area contributed by atoms with Crippen molar-refractivity contribution in [3.63, 3.8) is 0 Å². The van der Waals surface area contributed by atoms with Crippen LogP contribution in [-0.2, 0) is 0 Å². The first kappa shape index (κ1) is 15.3. The van der Waals surface area contributed by atoms with Crippen molar-refractivity contribution >= 4 is 0 Å². The van der Waals surface area contributed by atoms with Crippen molar-refractivity contribution in [1.29, 1.82) is 0 Å². The third-order valence-electron chi connectivity index (χ3n) is 5.23. The van der Waals surface area contributed by atoms with E-state index in [1.54, 1.807) is 19.3 Å². The van der Waals surface area contributed by atoms with Crippen LogP contribution in [0.3, 0.4) is 0 Å². The molecular weight excluding hydrogens is 232 g/mol. The Labute approximate surface area is 120 Å². The molecule has 2 heteroatoms. The van der Waals surface area contributed by atoms with Crippen molar-refractivity contribution in [2.75, 3.05) is 26.7 Å². The molecule has 0 aromatic heterocycles. The van der Waals surface area contributed by atoms with Gasteiger partial charge in [0, 0.05) is 0 Å². The van der Waals surface area contributed by atoms with Gasteiger partial charge in [-0.3, -0.25) is 0 Å². The highest BCUT2D eigenvalue weighted by atomic mass is 14.8. The van der Waals surface area contributed by atoms with Gasteiger partial charge in [0.15, 0.2) is 0 Å². The van der Waals surface area contributed by atoms with Crippen molar-refractivity contribution in [3.05, 3.63) is 0 Å². The molecule has 2 nitrogen and oxygen atoms in total. The maximum absolute atomic E-state index is 3.65. The van der Waals surface area contributed by atoms with Crippen LogP contribution in [0.25, 0.3) is 0 Å². The molecule has 0 amide bonds. The molecule has 0 heterocycles. The Morgan fingerprint density at radius 2 is 1.58 bits per heavy atom. The predicted octanol–water partition coefficient (Wildman–Crippen LogP) is 3.57. The molecule has 2 rings (SSSR count). The van der Waals surface area contributed by atoms with E-state index in [4.69, 9.17) is 0 Å². The van der Waals surface area contributed by atoms with Gasteiger partial charge in [0.1, 0.15) is 0 Å². The minimum absolute atomic E-state index is 1.04. The number of hydrogen-bond acceptors (Lipinski definition) is 2. The predicted molar refractivity (Wildman–Crippen MR) is 83.4 cm³/mol. The molecule has 19 heavy (non-hydrogen) atoms. The third-order valence-corrected chi connectivity index (χ3v) is 5.23. The fraction of sp³-hybridized carbons (Fsp3) is 1.00. The van der Waals surface area contributed by atoms with Crippen molar-refractivity contribution in [3.8, 4) is 0 Å². The average molecular weight is 266 g/mol. The first-order valence-corrected chi connectivity index (χ1v) is 8.73. The van der Waals surface area contributed by atoms with Gasteiger partial charge in [0.05, 0.1) is 0 Å². The Balaban J connectivity index is 1.45. The van der Waals surface area contributed by atoms with Gasteiger partial charge in [-0.15, -0.1) is 0 Å². The van der Waals surface area contributed by atoms with E-state index in [0.717, 1.165) is 17.8 Å². The van der Waals surface area contributed by atoms with Gasteiger partial charge in [0.2, 0.25) is 0 Å². The van der Waals surface area contributed by atoms with E-state index in [1.165, 1.54) is 64.6 Å². The monoisotopic (exact) mass is 266 g/mol. The highest BCUT2D eigenvalue weighted by Gasteiger charge is 2.31. The highest BCUT2D eigenvalue weighted by molar-refractivity contribution is 4.83. The molecule has 0 aromatic carbocycles. The average Bonchev–Trinajstić information content (AvgIpc) is 2.41. The van der Waals surface area contributed by atoms with Crippen LogP contribution in [0.1, 0.15) is 64.2 Å². The second-order valence-corrected chi connectivity index (χ2v) is 6.94. The van der Waals surface area contributed by atoms with Gasteiger partial charge in [-0.2, -0.15) is 0 Å². The summed E-state index contributed by atoms with van der Waals surface area (Å²) >= 11 is 0. The summed E-state index contributed by atoms with van der Waals surface area (Å²) in [5.41, 5.74) is 0. The quantitative estimate of drug-likeness (QED) is 0.623. The van der Waals surface area contributed by atoms with Crippen molar-refractivity contribution in [2.45, 2.75) is 64.2 Å². The van der Waals surface area contributed by atoms with Crippen LogP contribution >= 0.6 is 0 Å². The Morgan fingerprint density at radius 3 is 2.32 bits per heavy atom. The van der Waals surface area contributed by atoms with Crippen LogP contribution in [0.15, 0.2) is 0 Å². The smallest absolute Gasteiger partial charge is 0.00463 e. The van der Waals surface area contributed by atoms with Crippen molar-refractivity contribution in [2.24, 2.45) is 17.8 Å². The number of rotatable bonds is 9. The molecule has 2 bridgehead atoms. The van der Waals surface area contributed by atoms with Gasteiger partial charge < -0.3 is 10.6 Å². The van der Waals surface area contributed by atoms with Gasteiger partial charge in [-0.1, -0.05) is 25.7 Å². The Morgan fingerprint density at radius 1 is 0.842 bits per heavy atom. The molecule has 0 saturated heterocycles. The lowest BCUT2D eigenvalue weighted by molar-refractivity contribution is 0.132. The summed E-state index contributed by atoms with van der Waals surface area (Å²) in [6.07, 6.45) is 14.7. The summed E-state index contributed by atoms with van der Waals surface area (Å²) in [5.74, 6) is 3.24. The van der Waals surface area contributed by atoms with Gasteiger partial charge in [0.25, 0.3) is 0 Å². The second-order valence-electron chi connectivity index (χ2n) is 6.94. The molecule has 2 saturated carbocycles. The second kappa shape index (κ2) is 8.97. The Hall–Kier alpha value is -0.0800. The maximum Gasteiger partial charge on any atom is -0.00463 e. The number of fused-ring (bicyclic) bond motifs is 2. The van der Waals surface area contributed by atoms with Crippen LogP contribution in [0.5, 0.6) is 0 Å². The zero-order valence-corrected chi connectivity index (χ0v) is 12.9. The first-order valence-electron chi connectivity index (χ1n) is 8.73. The summed E-state index contributed by atoms with van der Waals surface area (Å²) in [6, 6.07) is 0. The standard InChI is InChI=1S/C17H34N2/c1-18-9-3-2-4-10-19-11-8-17-13-15-6-5-7-16(12-15)14-17/h15-19H,2-14H2,1H3/t15-,16+,17?. The molecule has 0 spiro atoms. The molecule has 2 aliphatic carbocycles. The van der Waals surface area contributed by atoms with Crippen LogP contribution < -0.4 is 10.6 Å². The summed E-state index contributed by atoms with van der Waals surface area (Å²) in [4.78, 5) is 0. The van der Waals surface area contributed by atoms with Gasteiger partial charge in [-0.25, -0.2) is 0 Å². The molecule has 0 aromatic rings. The minimum Gasteiger partial charge on any atom is -0.320 e. The minimum atomic E-state index is 1.04. The van der Waals surface area contributed by atoms with E-state index in [2.05, 4.69) is 10.6 Å². The lowest BCUT2D eigenvalue weighted by atomic mass is 9.67.